The van der Waals surface area contributed by atoms with E-state index in [1.54, 1.807) is 42.5 Å². The standard InChI is InChI=1S/C73H103F4N9O13S3/c1-10-53(4)72(8,24-26-74)55(6)83-58-12-18-64(19-13-58)100-80-28-31-91-34-37-94-40-43-97-61-49-62(98-44-41-95-38-35-92-32-29-81-101(88)65-20-14-59(15-21-65)84-56(7)73(9,25-27-75)54(5)11-2)51-63(50-61)99-45-42-96-39-36-93-33-30-82-102(89,90)66-22-16-60(17-23-66)85-69-67(76)47-57(48-68(69)77)46-52(3)70(87)86-71(78)79/h12-27,46-51,53-56,80-85H,10-11,28-45H2,1-9H3,(H4,78,79,86,87)/b26-24+,27-25+,52-46+/t53-,54-,55?,56?,72+,73+,101?/m1/s1. The van der Waals surface area contributed by atoms with Crippen LogP contribution in [0, 0.1) is 34.3 Å². The molecule has 3 unspecified atom stereocenters. The van der Waals surface area contributed by atoms with Crippen molar-refractivity contribution in [2.45, 2.75) is 102 Å². The summed E-state index contributed by atoms with van der Waals surface area (Å²) < 4.78 is 157. The normalized spacial score (nSPS) is 14.7. The first-order valence-corrected chi connectivity index (χ1v) is 37.4. The van der Waals surface area contributed by atoms with Gasteiger partial charge in [0.1, 0.15) is 54.4 Å². The number of sulfonamides is 1. The first-order chi connectivity index (χ1) is 48.9. The maximum atomic E-state index is 15.0. The fraction of sp³-hybridized carbons (Fsp3) is 0.479. The van der Waals surface area contributed by atoms with Gasteiger partial charge in [0.25, 0.3) is 5.91 Å². The van der Waals surface area contributed by atoms with Gasteiger partial charge in [-0.15, -0.1) is 4.72 Å². The third kappa shape index (κ3) is 30.0. The molecule has 0 aliphatic heterocycles. The van der Waals surface area contributed by atoms with E-state index in [9.17, 15) is 35.3 Å². The van der Waals surface area contributed by atoms with Crippen molar-refractivity contribution in [3.63, 3.8) is 0 Å². The molecule has 0 fully saturated rings. The van der Waals surface area contributed by atoms with Gasteiger partial charge < -0.3 is 74.6 Å². The van der Waals surface area contributed by atoms with Gasteiger partial charge in [-0.3, -0.25) is 9.52 Å². The number of amides is 1. The van der Waals surface area contributed by atoms with Crippen molar-refractivity contribution in [3.8, 4) is 17.2 Å². The second-order valence-corrected chi connectivity index (χ2v) is 28.3. The molecule has 0 aliphatic carbocycles. The van der Waals surface area contributed by atoms with Gasteiger partial charge in [-0.25, -0.2) is 30.7 Å². The molecule has 29 heteroatoms. The molecule has 10 N–H and O–H groups in total. The Balaban J connectivity index is 0.996. The van der Waals surface area contributed by atoms with Gasteiger partial charge >= 0.3 is 0 Å². The van der Waals surface area contributed by atoms with E-state index < -0.39 is 56.0 Å². The predicted octanol–water partition coefficient (Wildman–Crippen LogP) is 12.4. The Morgan fingerprint density at radius 2 is 1.01 bits per heavy atom. The van der Waals surface area contributed by atoms with Crippen LogP contribution in [0.15, 0.2) is 153 Å². The fourth-order valence-corrected chi connectivity index (χ4v) is 12.6. The van der Waals surface area contributed by atoms with Gasteiger partial charge in [0.15, 0.2) is 10.9 Å². The minimum absolute atomic E-state index is 0.0200. The number of nitrogens with one attached hydrogen (secondary N) is 6. The Bertz CT molecular complexity index is 3490. The first-order valence-electron chi connectivity index (χ1n) is 34.0. The number of benzene rings is 5. The number of rotatable bonds is 52. The number of guanidine groups is 1. The molecule has 1 amide bonds. The largest absolute Gasteiger partial charge is 0.593 e. The molecule has 0 saturated heterocycles. The number of carbonyl (C=O) groups is 1. The smallest absolute Gasteiger partial charge is 0.275 e. The minimum atomic E-state index is -3.97. The maximum Gasteiger partial charge on any atom is 0.275 e. The van der Waals surface area contributed by atoms with E-state index >= 15 is 0 Å². The SMILES string of the molecule is CC[C@@H](C)[C@](C)(/C=C/F)C(C)Nc1ccc(SNCCOCCOCCOc2cc(OCCOCCOCCN[S+]([O-])c3ccc(NC(C)[C@@](C)(/C=C/F)[C@H](C)CC)cc3)cc(OCCOCCOCCNS(=O)(=O)c3ccc(Nc4c(F)cc(/C=C(\C)C(=O)N=C(N)N)cc4F)cc3)c2)cc1. The summed E-state index contributed by atoms with van der Waals surface area (Å²) in [5, 5.41) is 9.62. The molecule has 5 rings (SSSR count). The van der Waals surface area contributed by atoms with Crippen molar-refractivity contribution in [2.24, 2.45) is 39.1 Å². The number of anilines is 4. The van der Waals surface area contributed by atoms with Gasteiger partial charge in [-0.1, -0.05) is 54.4 Å². The highest BCUT2D eigenvalue weighted by atomic mass is 32.2. The molecule has 5 aromatic carbocycles. The van der Waals surface area contributed by atoms with Crippen LogP contribution in [0.5, 0.6) is 17.2 Å². The van der Waals surface area contributed by atoms with Gasteiger partial charge in [-0.2, -0.15) is 4.99 Å². The second-order valence-electron chi connectivity index (χ2n) is 24.3. The molecular formula is C73H103F4N9O13S3. The molecule has 0 saturated carbocycles. The fourth-order valence-electron chi connectivity index (χ4n) is 10.2. The highest BCUT2D eigenvalue weighted by Gasteiger charge is 2.35. The van der Waals surface area contributed by atoms with E-state index in [1.165, 1.54) is 49.2 Å². The average Bonchev–Trinajstić information content (AvgIpc) is 0.864. The minimum Gasteiger partial charge on any atom is -0.593 e. The van der Waals surface area contributed by atoms with Crippen LogP contribution in [0.4, 0.5) is 40.3 Å². The molecule has 102 heavy (non-hydrogen) atoms. The monoisotopic (exact) mass is 1490 g/mol. The van der Waals surface area contributed by atoms with Crippen molar-refractivity contribution >= 4 is 74.0 Å². The summed E-state index contributed by atoms with van der Waals surface area (Å²) in [5.41, 5.74) is 11.4. The molecule has 0 bridgehead atoms. The number of nitrogens with two attached hydrogens (primary N) is 2. The Hall–Kier alpha value is -6.97. The average molecular weight is 1490 g/mol. The summed E-state index contributed by atoms with van der Waals surface area (Å²) in [7, 11) is -3.97. The molecule has 0 aromatic heterocycles. The molecule has 22 nitrogen and oxygen atoms in total. The van der Waals surface area contributed by atoms with E-state index in [1.807, 2.05) is 50.2 Å². The van der Waals surface area contributed by atoms with Crippen molar-refractivity contribution in [1.82, 2.24) is 14.2 Å². The molecular weight excluding hydrogens is 1380 g/mol. The number of ether oxygens (including phenoxy) is 9. The lowest BCUT2D eigenvalue weighted by Crippen LogP contribution is -2.39. The van der Waals surface area contributed by atoms with Crippen LogP contribution in [0.3, 0.4) is 0 Å². The summed E-state index contributed by atoms with van der Waals surface area (Å²) in [5.74, 6) is -1.20. The highest BCUT2D eigenvalue weighted by Crippen LogP contribution is 2.39. The Labute approximate surface area is 606 Å². The van der Waals surface area contributed by atoms with Crippen LogP contribution >= 0.6 is 11.9 Å². The molecule has 0 spiro atoms. The van der Waals surface area contributed by atoms with Gasteiger partial charge in [0.2, 0.25) is 10.0 Å². The summed E-state index contributed by atoms with van der Waals surface area (Å²) in [4.78, 5) is 17.0. The lowest BCUT2D eigenvalue weighted by Gasteiger charge is -2.39. The zero-order valence-electron chi connectivity index (χ0n) is 59.8. The van der Waals surface area contributed by atoms with Crippen LogP contribution in [-0.2, 0) is 54.6 Å². The predicted molar refractivity (Wildman–Crippen MR) is 397 cm³/mol. The molecule has 7 atom stereocenters. The van der Waals surface area contributed by atoms with Crippen LogP contribution in [0.25, 0.3) is 6.08 Å². The van der Waals surface area contributed by atoms with Gasteiger partial charge in [-0.05, 0) is 153 Å². The summed E-state index contributed by atoms with van der Waals surface area (Å²) in [6.07, 6.45) is 7.61. The summed E-state index contributed by atoms with van der Waals surface area (Å²) >= 11 is 0.0593. The molecule has 0 aliphatic rings. The third-order valence-electron chi connectivity index (χ3n) is 17.2. The van der Waals surface area contributed by atoms with Crippen LogP contribution < -0.4 is 55.8 Å². The van der Waals surface area contributed by atoms with Crippen molar-refractivity contribution in [2.75, 3.05) is 135 Å². The van der Waals surface area contributed by atoms with E-state index in [-0.39, 0.29) is 105 Å². The topological polar surface area (TPSA) is 294 Å². The number of nitrogens with zero attached hydrogens (tertiary/aromatic N) is 1. The van der Waals surface area contributed by atoms with E-state index in [0.717, 1.165) is 41.2 Å². The summed E-state index contributed by atoms with van der Waals surface area (Å²) in [6, 6.07) is 27.9. The number of hydrogen-bond donors (Lipinski definition) is 8. The molecule has 0 heterocycles. The molecule has 564 valence electrons. The van der Waals surface area contributed by atoms with E-state index in [0.29, 0.717) is 100 Å². The molecule has 5 aromatic rings. The van der Waals surface area contributed by atoms with Crippen molar-refractivity contribution < 1.29 is 78.0 Å². The quantitative estimate of drug-likeness (QED) is 0.00341. The second kappa shape index (κ2) is 46.0. The zero-order chi connectivity index (χ0) is 74.3. The maximum absolute atomic E-state index is 15.0. The van der Waals surface area contributed by atoms with Crippen LogP contribution in [0.1, 0.15) is 80.7 Å². The van der Waals surface area contributed by atoms with Gasteiger partial charge in [0, 0.05) is 81.7 Å². The Morgan fingerprint density at radius 1 is 0.598 bits per heavy atom. The summed E-state index contributed by atoms with van der Waals surface area (Å²) in [6.45, 7) is 22.9. The highest BCUT2D eigenvalue weighted by molar-refractivity contribution is 7.97. The lowest BCUT2D eigenvalue weighted by molar-refractivity contribution is -0.114. The van der Waals surface area contributed by atoms with E-state index in [4.69, 9.17) is 54.1 Å². The zero-order valence-corrected chi connectivity index (χ0v) is 62.2. The lowest BCUT2D eigenvalue weighted by atomic mass is 9.71. The number of halogens is 4. The molecule has 0 radical (unpaired) electrons. The first kappa shape index (κ1) is 85.7. The van der Waals surface area contributed by atoms with Crippen LogP contribution in [0.2, 0.25) is 0 Å². The third-order valence-corrected chi connectivity index (χ3v) is 20.7. The van der Waals surface area contributed by atoms with Gasteiger partial charge in [0.05, 0.1) is 115 Å². The van der Waals surface area contributed by atoms with E-state index in [2.05, 4.69) is 76.7 Å². The number of carbonyl (C=O) groups excluding carboxylic acids is 1. The van der Waals surface area contributed by atoms with Crippen molar-refractivity contribution in [3.05, 3.63) is 151 Å². The van der Waals surface area contributed by atoms with Crippen molar-refractivity contribution in [1.29, 1.82) is 0 Å². The van der Waals surface area contributed by atoms with Crippen LogP contribution in [-0.4, -0.2) is 156 Å². The number of aliphatic imine (C=N–C) groups is 1. The number of hydrogen-bond acceptors (Lipinski definition) is 19. The Kier molecular flexibility index (Phi) is 38.6. The Morgan fingerprint density at radius 3 is 1.45 bits per heavy atom.